The Balaban J connectivity index is 2.94. The van der Waals surface area contributed by atoms with Crippen LogP contribution >= 0.6 is 24.2 Å². The number of hydrogen-bond donors (Lipinski definition) is 2. The average Bonchev–Trinajstić information content (AvgIpc) is 2.19. The maximum absolute atomic E-state index is 10.3. The highest BCUT2D eigenvalue weighted by atomic mass is 35.5. The van der Waals surface area contributed by atoms with E-state index in [0.29, 0.717) is 23.6 Å². The van der Waals surface area contributed by atoms with E-state index in [1.165, 1.54) is 0 Å². The number of thiol groups is 1. The molecule has 14 heavy (non-hydrogen) atoms. The second kappa shape index (κ2) is 5.06. The summed E-state index contributed by atoms with van der Waals surface area (Å²) >= 11 is 9.94. The molecular formula is C11H15ClOS. The molecule has 0 spiro atoms. The fraction of sp³-hybridized carbons (Fsp3) is 0.455. The molecule has 0 aliphatic rings. The van der Waals surface area contributed by atoms with Gasteiger partial charge in [0, 0.05) is 5.02 Å². The van der Waals surface area contributed by atoms with Crippen LogP contribution in [0.4, 0.5) is 0 Å². The van der Waals surface area contributed by atoms with Crippen molar-refractivity contribution in [2.75, 3.05) is 5.75 Å². The van der Waals surface area contributed by atoms with E-state index < -0.39 is 5.60 Å². The first kappa shape index (κ1) is 11.9. The van der Waals surface area contributed by atoms with E-state index in [0.717, 1.165) is 5.56 Å². The number of rotatable bonds is 4. The van der Waals surface area contributed by atoms with Crippen LogP contribution in [0.1, 0.15) is 25.3 Å². The molecule has 0 aliphatic heterocycles. The highest BCUT2D eigenvalue weighted by molar-refractivity contribution is 7.80. The Labute approximate surface area is 95.5 Å². The molecule has 1 N–H and O–H groups in total. The Hall–Kier alpha value is -0.180. The summed E-state index contributed by atoms with van der Waals surface area (Å²) in [5, 5.41) is 11.0. The Morgan fingerprint density at radius 2 is 1.93 bits per heavy atom. The van der Waals surface area contributed by atoms with Gasteiger partial charge in [0.05, 0.1) is 5.60 Å². The molecule has 1 aromatic carbocycles. The van der Waals surface area contributed by atoms with Crippen LogP contribution < -0.4 is 0 Å². The van der Waals surface area contributed by atoms with E-state index in [4.69, 9.17) is 11.6 Å². The number of halogens is 1. The summed E-state index contributed by atoms with van der Waals surface area (Å²) in [6.07, 6.45) is 1.35. The van der Waals surface area contributed by atoms with Crippen LogP contribution in [0.3, 0.4) is 0 Å². The lowest BCUT2D eigenvalue weighted by molar-refractivity contribution is 0.0297. The van der Waals surface area contributed by atoms with E-state index in [-0.39, 0.29) is 0 Å². The molecule has 0 bridgehead atoms. The van der Waals surface area contributed by atoms with Crippen molar-refractivity contribution in [2.24, 2.45) is 0 Å². The molecule has 1 unspecified atom stereocenters. The number of benzene rings is 1. The molecule has 0 aromatic heterocycles. The Bertz CT molecular complexity index is 286. The zero-order valence-corrected chi connectivity index (χ0v) is 9.85. The quantitative estimate of drug-likeness (QED) is 0.761. The van der Waals surface area contributed by atoms with Crippen LogP contribution in [0.25, 0.3) is 0 Å². The third kappa shape index (κ3) is 2.66. The minimum Gasteiger partial charge on any atom is -0.385 e. The van der Waals surface area contributed by atoms with Crippen LogP contribution in [-0.4, -0.2) is 10.9 Å². The van der Waals surface area contributed by atoms with Crippen molar-refractivity contribution in [1.29, 1.82) is 0 Å². The number of aliphatic hydroxyl groups is 1. The third-order valence-corrected chi connectivity index (χ3v) is 2.97. The molecule has 0 radical (unpaired) electrons. The lowest BCUT2D eigenvalue weighted by Crippen LogP contribution is -2.25. The van der Waals surface area contributed by atoms with Crippen molar-refractivity contribution in [3.8, 4) is 0 Å². The van der Waals surface area contributed by atoms with Gasteiger partial charge in [-0.1, -0.05) is 30.7 Å². The van der Waals surface area contributed by atoms with Gasteiger partial charge in [-0.25, -0.2) is 0 Å². The lowest BCUT2D eigenvalue weighted by Gasteiger charge is -2.26. The zero-order valence-electron chi connectivity index (χ0n) is 8.20. The summed E-state index contributed by atoms with van der Waals surface area (Å²) in [6.45, 7) is 1.97. The van der Waals surface area contributed by atoms with E-state index >= 15 is 0 Å². The van der Waals surface area contributed by atoms with Gasteiger partial charge >= 0.3 is 0 Å². The van der Waals surface area contributed by atoms with Gasteiger partial charge in [0.25, 0.3) is 0 Å². The molecule has 1 aromatic rings. The molecule has 0 amide bonds. The molecule has 1 nitrogen and oxygen atoms in total. The van der Waals surface area contributed by atoms with Gasteiger partial charge in [-0.2, -0.15) is 12.6 Å². The van der Waals surface area contributed by atoms with Crippen LogP contribution in [0.5, 0.6) is 0 Å². The Kier molecular flexibility index (Phi) is 4.30. The Morgan fingerprint density at radius 3 is 2.36 bits per heavy atom. The predicted octanol–water partition coefficient (Wildman–Crippen LogP) is 3.26. The van der Waals surface area contributed by atoms with E-state index in [9.17, 15) is 5.11 Å². The van der Waals surface area contributed by atoms with Crippen LogP contribution in [0.2, 0.25) is 5.02 Å². The largest absolute Gasteiger partial charge is 0.385 e. The molecular weight excluding hydrogens is 216 g/mol. The van der Waals surface area contributed by atoms with Gasteiger partial charge in [-0.15, -0.1) is 0 Å². The Morgan fingerprint density at radius 1 is 1.36 bits per heavy atom. The molecule has 1 atom stereocenters. The third-order valence-electron chi connectivity index (χ3n) is 2.49. The van der Waals surface area contributed by atoms with Gasteiger partial charge in [-0.3, -0.25) is 0 Å². The maximum Gasteiger partial charge on any atom is 0.0901 e. The molecule has 0 heterocycles. The van der Waals surface area contributed by atoms with E-state index in [2.05, 4.69) is 12.6 Å². The van der Waals surface area contributed by atoms with E-state index in [1.807, 2.05) is 19.1 Å². The van der Waals surface area contributed by atoms with Gasteiger partial charge in [0.2, 0.25) is 0 Å². The molecule has 0 saturated heterocycles. The summed E-state index contributed by atoms with van der Waals surface area (Å²) < 4.78 is 0. The first-order valence-corrected chi connectivity index (χ1v) is 5.72. The summed E-state index contributed by atoms with van der Waals surface area (Å²) in [4.78, 5) is 0. The van der Waals surface area contributed by atoms with Gasteiger partial charge in [-0.05, 0) is 36.3 Å². The molecule has 78 valence electrons. The van der Waals surface area contributed by atoms with Crippen LogP contribution in [0.15, 0.2) is 24.3 Å². The maximum atomic E-state index is 10.3. The van der Waals surface area contributed by atoms with Crippen molar-refractivity contribution < 1.29 is 5.11 Å². The second-order valence-corrected chi connectivity index (χ2v) is 4.25. The van der Waals surface area contributed by atoms with Crippen LogP contribution in [-0.2, 0) is 5.60 Å². The normalized spacial score (nSPS) is 15.1. The monoisotopic (exact) mass is 230 g/mol. The molecule has 0 saturated carbocycles. The van der Waals surface area contributed by atoms with Gasteiger partial charge in [0.15, 0.2) is 0 Å². The topological polar surface area (TPSA) is 20.2 Å². The van der Waals surface area contributed by atoms with Crippen molar-refractivity contribution >= 4 is 24.2 Å². The highest BCUT2D eigenvalue weighted by Crippen LogP contribution is 2.29. The first-order chi connectivity index (χ1) is 6.62. The lowest BCUT2D eigenvalue weighted by atomic mass is 9.89. The minimum atomic E-state index is -0.758. The fourth-order valence-corrected chi connectivity index (χ4v) is 1.97. The van der Waals surface area contributed by atoms with E-state index in [1.54, 1.807) is 12.1 Å². The molecule has 1 rings (SSSR count). The number of hydrogen-bond acceptors (Lipinski definition) is 2. The molecule has 0 fully saturated rings. The van der Waals surface area contributed by atoms with Crippen molar-refractivity contribution in [3.05, 3.63) is 34.9 Å². The predicted molar refractivity (Wildman–Crippen MR) is 64.1 cm³/mol. The molecule has 3 heteroatoms. The summed E-state index contributed by atoms with van der Waals surface area (Å²) in [5.41, 5.74) is 0.158. The second-order valence-electron chi connectivity index (χ2n) is 3.37. The van der Waals surface area contributed by atoms with Gasteiger partial charge in [0.1, 0.15) is 0 Å². The minimum absolute atomic E-state index is 0.661. The average molecular weight is 231 g/mol. The van der Waals surface area contributed by atoms with Crippen LogP contribution in [0, 0.1) is 0 Å². The summed E-state index contributed by atoms with van der Waals surface area (Å²) in [7, 11) is 0. The van der Waals surface area contributed by atoms with Gasteiger partial charge < -0.3 is 5.11 Å². The van der Waals surface area contributed by atoms with Crippen molar-refractivity contribution in [2.45, 2.75) is 25.4 Å². The zero-order chi connectivity index (χ0) is 10.6. The SMILES string of the molecule is CCC(O)(CCS)c1ccc(Cl)cc1. The standard InChI is InChI=1S/C11H15ClOS/c1-2-11(13,7-8-14)9-3-5-10(12)6-4-9/h3-6,13-14H,2,7-8H2,1H3. The molecule has 0 aliphatic carbocycles. The fourth-order valence-electron chi connectivity index (χ4n) is 1.47. The summed E-state index contributed by atoms with van der Waals surface area (Å²) in [6, 6.07) is 7.34. The first-order valence-electron chi connectivity index (χ1n) is 4.71. The van der Waals surface area contributed by atoms with Crippen molar-refractivity contribution in [3.63, 3.8) is 0 Å². The van der Waals surface area contributed by atoms with Crippen molar-refractivity contribution in [1.82, 2.24) is 0 Å². The highest BCUT2D eigenvalue weighted by Gasteiger charge is 2.25. The summed E-state index contributed by atoms with van der Waals surface area (Å²) in [5.74, 6) is 0.674. The smallest absolute Gasteiger partial charge is 0.0901 e.